The average molecular weight is 406 g/mol. The van der Waals surface area contributed by atoms with Gasteiger partial charge in [-0.1, -0.05) is 27.7 Å². The number of aldehydes is 1. The predicted molar refractivity (Wildman–Crippen MR) is 98.6 cm³/mol. The van der Waals surface area contributed by atoms with E-state index in [0.717, 1.165) is 13.3 Å². The molecular formula is C17H30N2O9. The van der Waals surface area contributed by atoms with Gasteiger partial charge in [0.15, 0.2) is 13.2 Å². The number of carbonyl (C=O) groups excluding carboxylic acids is 3. The summed E-state index contributed by atoms with van der Waals surface area (Å²) in [6.07, 6.45) is 0.971. The van der Waals surface area contributed by atoms with Gasteiger partial charge in [0.05, 0.1) is 18.9 Å². The highest BCUT2D eigenvalue weighted by Crippen LogP contribution is 2.27. The van der Waals surface area contributed by atoms with Crippen LogP contribution in [0.1, 0.15) is 40.5 Å². The number of carbonyl (C=O) groups is 3. The van der Waals surface area contributed by atoms with Gasteiger partial charge in [-0.3, -0.25) is 29.8 Å². The van der Waals surface area contributed by atoms with Crippen molar-refractivity contribution >= 4 is 18.2 Å². The summed E-state index contributed by atoms with van der Waals surface area (Å²) in [7, 11) is 2.22. The second-order valence-electron chi connectivity index (χ2n) is 6.88. The number of cyclic esters (lactones) is 1. The van der Waals surface area contributed by atoms with Crippen molar-refractivity contribution in [3.8, 4) is 0 Å². The van der Waals surface area contributed by atoms with Crippen LogP contribution >= 0.6 is 0 Å². The Morgan fingerprint density at radius 2 is 1.79 bits per heavy atom. The number of rotatable bonds is 7. The third kappa shape index (κ3) is 12.7. The number of esters is 2. The summed E-state index contributed by atoms with van der Waals surface area (Å²) in [5, 5.41) is 19.0. The van der Waals surface area contributed by atoms with E-state index in [2.05, 4.69) is 4.74 Å². The van der Waals surface area contributed by atoms with Crippen LogP contribution in [0.3, 0.4) is 0 Å². The molecule has 1 unspecified atom stereocenters. The van der Waals surface area contributed by atoms with Crippen LogP contribution in [0, 0.1) is 43.9 Å². The van der Waals surface area contributed by atoms with E-state index in [1.165, 1.54) is 7.11 Å². The number of nitrogens with zero attached hydrogens (tertiary/aromatic N) is 2. The average Bonchev–Trinajstić information content (AvgIpc) is 2.91. The van der Waals surface area contributed by atoms with E-state index in [0.29, 0.717) is 6.42 Å². The highest BCUT2D eigenvalue weighted by Gasteiger charge is 2.38. The molecule has 0 amide bonds. The summed E-state index contributed by atoms with van der Waals surface area (Å²) < 4.78 is 9.39. The highest BCUT2D eigenvalue weighted by molar-refractivity contribution is 5.75. The first-order valence-corrected chi connectivity index (χ1v) is 8.78. The highest BCUT2D eigenvalue weighted by atomic mass is 16.6. The van der Waals surface area contributed by atoms with Crippen molar-refractivity contribution < 1.29 is 33.7 Å². The minimum absolute atomic E-state index is 0.160. The molecule has 11 nitrogen and oxygen atoms in total. The number of hydrogen-bond donors (Lipinski definition) is 0. The second-order valence-corrected chi connectivity index (χ2v) is 6.88. The van der Waals surface area contributed by atoms with Gasteiger partial charge in [0.1, 0.15) is 6.29 Å². The first-order chi connectivity index (χ1) is 12.9. The minimum Gasteiger partial charge on any atom is -0.469 e. The molecule has 0 aromatic rings. The molecular weight excluding hydrogens is 376 g/mol. The van der Waals surface area contributed by atoms with E-state index in [4.69, 9.17) is 14.9 Å². The molecule has 28 heavy (non-hydrogen) atoms. The fraction of sp³-hybridized carbons (Fsp3) is 0.824. The van der Waals surface area contributed by atoms with Crippen LogP contribution in [0.15, 0.2) is 0 Å². The lowest BCUT2D eigenvalue weighted by Crippen LogP contribution is -2.21. The smallest absolute Gasteiger partial charge is 0.309 e. The zero-order valence-electron chi connectivity index (χ0n) is 17.2. The Morgan fingerprint density at radius 3 is 2.07 bits per heavy atom. The number of methoxy groups -OCH3 is 1. The summed E-state index contributed by atoms with van der Waals surface area (Å²) in [5.41, 5.74) is 0. The maximum absolute atomic E-state index is 11.2. The van der Waals surface area contributed by atoms with E-state index in [-0.39, 0.29) is 48.6 Å². The van der Waals surface area contributed by atoms with Crippen LogP contribution in [-0.2, 0) is 23.9 Å². The molecule has 1 heterocycles. The zero-order chi connectivity index (χ0) is 22.4. The van der Waals surface area contributed by atoms with Crippen molar-refractivity contribution in [1.29, 1.82) is 0 Å². The van der Waals surface area contributed by atoms with Gasteiger partial charge in [0.2, 0.25) is 6.54 Å². The van der Waals surface area contributed by atoms with Gasteiger partial charge in [0, 0.05) is 22.7 Å². The summed E-state index contributed by atoms with van der Waals surface area (Å²) in [6, 6.07) is 0. The molecule has 0 aliphatic carbocycles. The molecule has 1 aliphatic rings. The minimum atomic E-state index is -0.519. The largest absolute Gasteiger partial charge is 0.469 e. The summed E-state index contributed by atoms with van der Waals surface area (Å²) in [5.74, 6) is -0.673. The Morgan fingerprint density at radius 1 is 1.29 bits per heavy atom. The molecule has 0 bridgehead atoms. The zero-order valence-corrected chi connectivity index (χ0v) is 17.2. The fourth-order valence-electron chi connectivity index (χ4n) is 2.40. The van der Waals surface area contributed by atoms with Crippen LogP contribution in [-0.4, -0.2) is 54.9 Å². The molecule has 11 heteroatoms. The van der Waals surface area contributed by atoms with Gasteiger partial charge in [0.25, 0.3) is 0 Å². The molecule has 0 aromatic carbocycles. The maximum atomic E-state index is 11.2. The van der Waals surface area contributed by atoms with E-state index in [9.17, 15) is 24.5 Å². The lowest BCUT2D eigenvalue weighted by Gasteiger charge is -2.14. The van der Waals surface area contributed by atoms with Crippen LogP contribution in [0.4, 0.5) is 0 Å². The van der Waals surface area contributed by atoms with E-state index in [1.54, 1.807) is 0 Å². The summed E-state index contributed by atoms with van der Waals surface area (Å²) in [4.78, 5) is 50.3. The second kappa shape index (κ2) is 14.5. The van der Waals surface area contributed by atoms with Crippen molar-refractivity contribution in [1.82, 2.24) is 0 Å². The summed E-state index contributed by atoms with van der Waals surface area (Å²) >= 11 is 0. The molecule has 1 saturated heterocycles. The molecule has 1 fully saturated rings. The third-order valence-electron chi connectivity index (χ3n) is 3.92. The molecule has 0 N–H and O–H groups in total. The quantitative estimate of drug-likeness (QED) is 0.266. The molecule has 1 rings (SSSR count). The van der Waals surface area contributed by atoms with Crippen LogP contribution in [0.25, 0.3) is 0 Å². The van der Waals surface area contributed by atoms with Crippen molar-refractivity contribution in [3.63, 3.8) is 0 Å². The molecule has 0 saturated carbocycles. The van der Waals surface area contributed by atoms with Gasteiger partial charge < -0.3 is 14.3 Å². The SMILES string of the molecule is CC(C)[C@H]1CC(C[N+](=O)[O-])OC1=O.COC(=O)[C@@H](CC=O)C(C)C.C[N+](=O)[O-]. The Hall–Kier alpha value is -2.59. The van der Waals surface area contributed by atoms with Crippen molar-refractivity contribution in [2.45, 2.75) is 46.6 Å². The third-order valence-corrected chi connectivity index (χ3v) is 3.92. The van der Waals surface area contributed by atoms with Gasteiger partial charge >= 0.3 is 11.9 Å². The standard InChI is InChI=1S/C8H13NO4.C8H14O3.CH3NO2/c1-5(2)7-3-6(4-9(11)12)13-8(7)10;1-6(2)7(4-5-9)8(10)11-3;1-2(3)4/h5-7H,3-4H2,1-2H3;5-7H,4H2,1-3H3;1H3/t6?,7-;7-;/m10./s1. The monoisotopic (exact) mass is 406 g/mol. The van der Waals surface area contributed by atoms with Gasteiger partial charge in [-0.05, 0) is 11.8 Å². The molecule has 0 spiro atoms. The van der Waals surface area contributed by atoms with Gasteiger partial charge in [-0.15, -0.1) is 0 Å². The lowest BCUT2D eigenvalue weighted by atomic mass is 9.93. The molecule has 3 atom stereocenters. The molecule has 0 aromatic heterocycles. The van der Waals surface area contributed by atoms with E-state index < -0.39 is 16.0 Å². The van der Waals surface area contributed by atoms with Gasteiger partial charge in [-0.25, -0.2) is 0 Å². The first kappa shape index (κ1) is 27.6. The van der Waals surface area contributed by atoms with Crippen LogP contribution in [0.5, 0.6) is 0 Å². The van der Waals surface area contributed by atoms with Crippen molar-refractivity contribution in [2.24, 2.45) is 23.7 Å². The molecule has 0 radical (unpaired) electrons. The lowest BCUT2D eigenvalue weighted by molar-refractivity contribution is -0.489. The maximum Gasteiger partial charge on any atom is 0.309 e. The molecule has 162 valence electrons. The number of nitro groups is 2. The van der Waals surface area contributed by atoms with E-state index >= 15 is 0 Å². The summed E-state index contributed by atoms with van der Waals surface area (Å²) in [6.45, 7) is 7.35. The Balaban J connectivity index is 0. The number of hydrogen-bond acceptors (Lipinski definition) is 9. The first-order valence-electron chi connectivity index (χ1n) is 8.78. The Bertz CT molecular complexity index is 531. The van der Waals surface area contributed by atoms with Gasteiger partial charge in [-0.2, -0.15) is 0 Å². The fourth-order valence-corrected chi connectivity index (χ4v) is 2.40. The van der Waals surface area contributed by atoms with Crippen molar-refractivity contribution in [2.75, 3.05) is 20.7 Å². The Kier molecular flexibility index (Phi) is 14.3. The predicted octanol–water partition coefficient (Wildman–Crippen LogP) is 1.76. The Labute approximate surface area is 164 Å². The van der Waals surface area contributed by atoms with E-state index in [1.807, 2.05) is 27.7 Å². The van der Waals surface area contributed by atoms with Crippen LogP contribution in [0.2, 0.25) is 0 Å². The number of ether oxygens (including phenoxy) is 2. The topological polar surface area (TPSA) is 156 Å². The van der Waals surface area contributed by atoms with Crippen molar-refractivity contribution in [3.05, 3.63) is 20.2 Å². The van der Waals surface area contributed by atoms with Crippen LogP contribution < -0.4 is 0 Å². The molecule has 1 aliphatic heterocycles. The normalized spacial score (nSPS) is 18.8.